The minimum absolute atomic E-state index is 0.156. The van der Waals surface area contributed by atoms with E-state index >= 15 is 0 Å². The number of amides is 1. The Labute approximate surface area is 110 Å². The third-order valence-corrected chi connectivity index (χ3v) is 2.80. The second-order valence-electron chi connectivity index (χ2n) is 4.07. The molecule has 0 aliphatic carbocycles. The van der Waals surface area contributed by atoms with E-state index < -0.39 is 12.2 Å². The SMILES string of the molecule is CC(OC(N)=O)c1ccc(-n2cccn2)cc1CO. The first-order valence-corrected chi connectivity index (χ1v) is 5.81. The lowest BCUT2D eigenvalue weighted by Gasteiger charge is -2.16. The monoisotopic (exact) mass is 261 g/mol. The fraction of sp³-hybridized carbons (Fsp3) is 0.231. The Bertz CT molecular complexity index is 567. The molecule has 6 heteroatoms. The minimum atomic E-state index is -0.840. The van der Waals surface area contributed by atoms with Gasteiger partial charge in [0.2, 0.25) is 0 Å². The number of aliphatic hydroxyl groups is 1. The molecule has 1 amide bonds. The highest BCUT2D eigenvalue weighted by atomic mass is 16.6. The summed E-state index contributed by atoms with van der Waals surface area (Å²) < 4.78 is 6.60. The van der Waals surface area contributed by atoms with Crippen molar-refractivity contribution in [2.75, 3.05) is 0 Å². The zero-order valence-electron chi connectivity index (χ0n) is 10.5. The second kappa shape index (κ2) is 5.53. The third kappa shape index (κ3) is 2.92. The van der Waals surface area contributed by atoms with Crippen molar-refractivity contribution in [1.29, 1.82) is 0 Å². The maximum atomic E-state index is 10.8. The number of nitrogens with two attached hydrogens (primary N) is 1. The summed E-state index contributed by atoms with van der Waals surface area (Å²) in [5.41, 5.74) is 7.20. The van der Waals surface area contributed by atoms with Crippen molar-refractivity contribution in [1.82, 2.24) is 9.78 Å². The van der Waals surface area contributed by atoms with Crippen molar-refractivity contribution in [2.24, 2.45) is 5.73 Å². The van der Waals surface area contributed by atoms with E-state index in [1.165, 1.54) is 0 Å². The number of benzene rings is 1. The van der Waals surface area contributed by atoms with Gasteiger partial charge < -0.3 is 15.6 Å². The predicted octanol–water partition coefficient (Wildman–Crippen LogP) is 1.52. The number of hydrogen-bond acceptors (Lipinski definition) is 4. The van der Waals surface area contributed by atoms with Crippen LogP contribution in [-0.4, -0.2) is 21.0 Å². The number of primary amides is 1. The topological polar surface area (TPSA) is 90.4 Å². The molecule has 1 unspecified atom stereocenters. The van der Waals surface area contributed by atoms with Crippen LogP contribution in [0.15, 0.2) is 36.7 Å². The lowest BCUT2D eigenvalue weighted by molar-refractivity contribution is 0.115. The van der Waals surface area contributed by atoms with Crippen molar-refractivity contribution in [3.05, 3.63) is 47.8 Å². The van der Waals surface area contributed by atoms with Crippen molar-refractivity contribution in [3.8, 4) is 5.69 Å². The normalized spacial score (nSPS) is 12.1. The second-order valence-corrected chi connectivity index (χ2v) is 4.07. The molecule has 2 rings (SSSR count). The smallest absolute Gasteiger partial charge is 0.405 e. The highest BCUT2D eigenvalue weighted by Crippen LogP contribution is 2.23. The Morgan fingerprint density at radius 1 is 1.58 bits per heavy atom. The van der Waals surface area contributed by atoms with E-state index in [9.17, 15) is 9.90 Å². The fourth-order valence-electron chi connectivity index (χ4n) is 1.93. The molecule has 0 saturated carbocycles. The van der Waals surface area contributed by atoms with Crippen LogP contribution in [0.3, 0.4) is 0 Å². The molecule has 0 aliphatic rings. The Kier molecular flexibility index (Phi) is 3.82. The van der Waals surface area contributed by atoms with E-state index in [-0.39, 0.29) is 6.61 Å². The van der Waals surface area contributed by atoms with Crippen molar-refractivity contribution in [2.45, 2.75) is 19.6 Å². The van der Waals surface area contributed by atoms with Gasteiger partial charge in [0.25, 0.3) is 0 Å². The maximum Gasteiger partial charge on any atom is 0.405 e. The van der Waals surface area contributed by atoms with Gasteiger partial charge >= 0.3 is 6.09 Å². The highest BCUT2D eigenvalue weighted by Gasteiger charge is 2.14. The first-order chi connectivity index (χ1) is 9.11. The number of carbonyl (C=O) groups is 1. The number of ether oxygens (including phenoxy) is 1. The van der Waals surface area contributed by atoms with Gasteiger partial charge in [-0.1, -0.05) is 6.07 Å². The van der Waals surface area contributed by atoms with Crippen molar-refractivity contribution in [3.63, 3.8) is 0 Å². The van der Waals surface area contributed by atoms with Gasteiger partial charge in [-0.3, -0.25) is 0 Å². The summed E-state index contributed by atoms with van der Waals surface area (Å²) in [4.78, 5) is 10.8. The molecule has 1 aromatic carbocycles. The molecule has 0 radical (unpaired) electrons. The largest absolute Gasteiger partial charge is 0.442 e. The first-order valence-electron chi connectivity index (χ1n) is 5.81. The molecule has 0 fully saturated rings. The molecular weight excluding hydrogens is 246 g/mol. The van der Waals surface area contributed by atoms with Crippen LogP contribution < -0.4 is 5.73 Å². The summed E-state index contributed by atoms with van der Waals surface area (Å²) in [5.74, 6) is 0. The molecule has 19 heavy (non-hydrogen) atoms. The van der Waals surface area contributed by atoms with Crippen LogP contribution in [0.25, 0.3) is 5.69 Å². The molecule has 1 atom stereocenters. The quantitative estimate of drug-likeness (QED) is 0.873. The molecule has 0 aliphatic heterocycles. The Hall–Kier alpha value is -2.34. The third-order valence-electron chi connectivity index (χ3n) is 2.80. The fourth-order valence-corrected chi connectivity index (χ4v) is 1.93. The average Bonchev–Trinajstić information content (AvgIpc) is 2.91. The molecule has 0 bridgehead atoms. The number of aliphatic hydroxyl groups excluding tert-OH is 1. The van der Waals surface area contributed by atoms with Gasteiger partial charge in [0.1, 0.15) is 6.10 Å². The average molecular weight is 261 g/mol. The molecule has 0 saturated heterocycles. The lowest BCUT2D eigenvalue weighted by atomic mass is 10.0. The van der Waals surface area contributed by atoms with E-state index in [0.29, 0.717) is 5.56 Å². The van der Waals surface area contributed by atoms with Crippen LogP contribution in [0.1, 0.15) is 24.2 Å². The van der Waals surface area contributed by atoms with Gasteiger partial charge in [-0.25, -0.2) is 9.48 Å². The van der Waals surface area contributed by atoms with Gasteiger partial charge in [0.15, 0.2) is 0 Å². The van der Waals surface area contributed by atoms with Gasteiger partial charge in [-0.05, 0) is 36.2 Å². The standard InChI is InChI=1S/C13H15N3O3/c1-9(19-13(14)18)12-4-3-11(7-10(12)8-17)16-6-2-5-15-16/h2-7,9,17H,8H2,1H3,(H2,14,18). The number of carbonyl (C=O) groups excluding carboxylic acids is 1. The molecule has 0 spiro atoms. The number of aromatic nitrogens is 2. The van der Waals surface area contributed by atoms with Crippen LogP contribution in [0.4, 0.5) is 4.79 Å². The Morgan fingerprint density at radius 2 is 2.37 bits per heavy atom. The van der Waals surface area contributed by atoms with E-state index in [0.717, 1.165) is 11.3 Å². The van der Waals surface area contributed by atoms with Crippen LogP contribution in [0.2, 0.25) is 0 Å². The maximum absolute atomic E-state index is 10.8. The molecule has 3 N–H and O–H groups in total. The van der Waals surface area contributed by atoms with Gasteiger partial charge in [0, 0.05) is 12.4 Å². The number of rotatable bonds is 4. The molecular formula is C13H15N3O3. The van der Waals surface area contributed by atoms with E-state index in [1.54, 1.807) is 36.1 Å². The van der Waals surface area contributed by atoms with Gasteiger partial charge in [0.05, 0.1) is 12.3 Å². The zero-order chi connectivity index (χ0) is 13.8. The first kappa shape index (κ1) is 13.1. The van der Waals surface area contributed by atoms with Crippen LogP contribution in [0, 0.1) is 0 Å². The predicted molar refractivity (Wildman–Crippen MR) is 68.6 cm³/mol. The molecule has 1 heterocycles. The molecule has 2 aromatic rings. The summed E-state index contributed by atoms with van der Waals surface area (Å²) in [6, 6.07) is 7.23. The Morgan fingerprint density at radius 3 is 2.95 bits per heavy atom. The minimum Gasteiger partial charge on any atom is -0.442 e. The lowest BCUT2D eigenvalue weighted by Crippen LogP contribution is -2.16. The molecule has 6 nitrogen and oxygen atoms in total. The summed E-state index contributed by atoms with van der Waals surface area (Å²) >= 11 is 0. The summed E-state index contributed by atoms with van der Waals surface area (Å²) in [6.07, 6.45) is 2.13. The van der Waals surface area contributed by atoms with Gasteiger partial charge in [-0.15, -0.1) is 0 Å². The van der Waals surface area contributed by atoms with E-state index in [4.69, 9.17) is 10.5 Å². The van der Waals surface area contributed by atoms with E-state index in [2.05, 4.69) is 5.10 Å². The molecule has 100 valence electrons. The van der Waals surface area contributed by atoms with Crippen LogP contribution >= 0.6 is 0 Å². The number of nitrogens with zero attached hydrogens (tertiary/aromatic N) is 2. The zero-order valence-corrected chi connectivity index (χ0v) is 10.5. The summed E-state index contributed by atoms with van der Waals surface area (Å²) in [7, 11) is 0. The summed E-state index contributed by atoms with van der Waals surface area (Å²) in [5, 5.41) is 13.5. The van der Waals surface area contributed by atoms with Crippen LogP contribution in [-0.2, 0) is 11.3 Å². The Balaban J connectivity index is 2.34. The molecule has 1 aromatic heterocycles. The van der Waals surface area contributed by atoms with E-state index in [1.807, 2.05) is 12.1 Å². The number of hydrogen-bond donors (Lipinski definition) is 2. The van der Waals surface area contributed by atoms with Gasteiger partial charge in [-0.2, -0.15) is 5.10 Å². The highest BCUT2D eigenvalue weighted by molar-refractivity contribution is 5.65. The van der Waals surface area contributed by atoms with Crippen LogP contribution in [0.5, 0.6) is 0 Å². The summed E-state index contributed by atoms with van der Waals surface area (Å²) in [6.45, 7) is 1.55. The van der Waals surface area contributed by atoms with Crippen molar-refractivity contribution < 1.29 is 14.6 Å². The van der Waals surface area contributed by atoms with Crippen molar-refractivity contribution >= 4 is 6.09 Å².